The Bertz CT molecular complexity index is 531. The summed E-state index contributed by atoms with van der Waals surface area (Å²) in [5, 5.41) is 12.1. The van der Waals surface area contributed by atoms with Crippen molar-refractivity contribution in [3.8, 4) is 6.07 Å². The van der Waals surface area contributed by atoms with Crippen LogP contribution in [0.2, 0.25) is 0 Å². The normalized spacial score (nSPS) is 16.4. The minimum Gasteiger partial charge on any atom is -0.369 e. The van der Waals surface area contributed by atoms with E-state index in [9.17, 15) is 4.21 Å². The summed E-state index contributed by atoms with van der Waals surface area (Å²) in [4.78, 5) is 8.26. The molecule has 1 N–H and O–H groups in total. The zero-order valence-electron chi connectivity index (χ0n) is 10.1. The Labute approximate surface area is 108 Å². The Kier molecular flexibility index (Phi) is 4.05. The molecule has 5 nitrogen and oxygen atoms in total. The Morgan fingerprint density at radius 1 is 1.67 bits per heavy atom. The Morgan fingerprint density at radius 2 is 2.44 bits per heavy atom. The summed E-state index contributed by atoms with van der Waals surface area (Å²) >= 11 is 0. The average Bonchev–Trinajstić information content (AvgIpc) is 3.18. The molecule has 1 atom stereocenters. The monoisotopic (exact) mass is 262 g/mol. The molecule has 0 spiro atoms. The van der Waals surface area contributed by atoms with Gasteiger partial charge >= 0.3 is 0 Å². The fourth-order valence-electron chi connectivity index (χ4n) is 1.47. The van der Waals surface area contributed by atoms with Gasteiger partial charge in [-0.15, -0.1) is 0 Å². The minimum absolute atomic E-state index is 0.308. The lowest BCUT2D eigenvalue weighted by Crippen LogP contribution is -2.09. The van der Waals surface area contributed by atoms with Crippen molar-refractivity contribution in [1.29, 1.82) is 5.26 Å². The topological polar surface area (TPSA) is 78.7 Å². The van der Waals surface area contributed by atoms with Crippen LogP contribution in [0.4, 0.5) is 5.82 Å². The van der Waals surface area contributed by atoms with Crippen LogP contribution in [-0.4, -0.2) is 27.0 Å². The van der Waals surface area contributed by atoms with Crippen LogP contribution in [-0.2, 0) is 10.8 Å². The van der Waals surface area contributed by atoms with E-state index in [1.165, 1.54) is 18.9 Å². The molecule has 1 aromatic heterocycles. The van der Waals surface area contributed by atoms with Crippen molar-refractivity contribution in [3.05, 3.63) is 17.8 Å². The van der Waals surface area contributed by atoms with E-state index in [1.807, 2.05) is 6.07 Å². The molecule has 0 saturated heterocycles. The molecule has 0 radical (unpaired) electrons. The van der Waals surface area contributed by atoms with Crippen LogP contribution in [0.3, 0.4) is 0 Å². The van der Waals surface area contributed by atoms with Gasteiger partial charge in [-0.1, -0.05) is 0 Å². The second-order valence-electron chi connectivity index (χ2n) is 4.20. The number of allylic oxidation sites excluding steroid dienone is 1. The molecular weight excluding hydrogens is 248 g/mol. The number of nitriles is 1. The van der Waals surface area contributed by atoms with Crippen molar-refractivity contribution in [1.82, 2.24) is 9.97 Å². The predicted molar refractivity (Wildman–Crippen MR) is 70.2 cm³/mol. The molecule has 0 aliphatic heterocycles. The van der Waals surface area contributed by atoms with Crippen LogP contribution >= 0.6 is 0 Å². The molecule has 6 heteroatoms. The third kappa shape index (κ3) is 3.37. The molecule has 1 aromatic rings. The molecule has 94 valence electrons. The number of hydrogen-bond acceptors (Lipinski definition) is 5. The van der Waals surface area contributed by atoms with Gasteiger partial charge in [-0.2, -0.15) is 5.26 Å². The zero-order chi connectivity index (χ0) is 13.0. The van der Waals surface area contributed by atoms with E-state index < -0.39 is 10.8 Å². The molecule has 1 unspecified atom stereocenters. The standard InChI is InChI=1S/C12H14N4OS/c1-18(17)12-15-8-10(3-2-6-13)11(16-12)14-7-9-4-5-9/h2-3,8-9H,4-5,7H2,1H3,(H,14,15,16)/b3-2+. The van der Waals surface area contributed by atoms with Crippen LogP contribution in [0.15, 0.2) is 17.4 Å². The summed E-state index contributed by atoms with van der Waals surface area (Å²) in [7, 11) is -1.20. The lowest BCUT2D eigenvalue weighted by atomic mass is 10.2. The highest BCUT2D eigenvalue weighted by atomic mass is 32.2. The maximum Gasteiger partial charge on any atom is 0.220 e. The van der Waals surface area contributed by atoms with Crippen LogP contribution in [0, 0.1) is 17.2 Å². The fourth-order valence-corrected chi connectivity index (χ4v) is 1.89. The average molecular weight is 262 g/mol. The smallest absolute Gasteiger partial charge is 0.220 e. The van der Waals surface area contributed by atoms with Gasteiger partial charge < -0.3 is 5.32 Å². The zero-order valence-corrected chi connectivity index (χ0v) is 10.9. The van der Waals surface area contributed by atoms with Crippen molar-refractivity contribution >= 4 is 22.7 Å². The number of nitrogens with zero attached hydrogens (tertiary/aromatic N) is 3. The Hall–Kier alpha value is -1.74. The van der Waals surface area contributed by atoms with Crippen molar-refractivity contribution in [2.24, 2.45) is 5.92 Å². The molecule has 1 aliphatic carbocycles. The molecule has 0 aromatic carbocycles. The molecule has 1 heterocycles. The molecule has 18 heavy (non-hydrogen) atoms. The molecule has 2 rings (SSSR count). The number of hydrogen-bond donors (Lipinski definition) is 1. The van der Waals surface area contributed by atoms with Gasteiger partial charge in [0, 0.05) is 30.6 Å². The van der Waals surface area contributed by atoms with Gasteiger partial charge in [0.05, 0.1) is 16.9 Å². The first-order chi connectivity index (χ1) is 8.70. The number of rotatable bonds is 5. The van der Waals surface area contributed by atoms with Gasteiger partial charge in [0.15, 0.2) is 0 Å². The summed E-state index contributed by atoms with van der Waals surface area (Å²) in [6.07, 6.45) is 8.65. The van der Waals surface area contributed by atoms with E-state index in [-0.39, 0.29) is 0 Å². The summed E-state index contributed by atoms with van der Waals surface area (Å²) in [6.45, 7) is 0.861. The predicted octanol–water partition coefficient (Wildman–Crippen LogP) is 1.57. The van der Waals surface area contributed by atoms with Crippen molar-refractivity contribution in [3.63, 3.8) is 0 Å². The largest absolute Gasteiger partial charge is 0.369 e. The van der Waals surface area contributed by atoms with E-state index in [0.717, 1.165) is 12.1 Å². The fraction of sp³-hybridized carbons (Fsp3) is 0.417. The molecule has 0 bridgehead atoms. The molecule has 1 saturated carbocycles. The van der Waals surface area contributed by atoms with Gasteiger partial charge in [-0.05, 0) is 24.8 Å². The lowest BCUT2D eigenvalue weighted by molar-refractivity contribution is 0.679. The molecule has 1 aliphatic rings. The van der Waals surface area contributed by atoms with Crippen molar-refractivity contribution < 1.29 is 4.21 Å². The number of anilines is 1. The second-order valence-corrected chi connectivity index (χ2v) is 5.47. The van der Waals surface area contributed by atoms with Crippen LogP contribution in [0.5, 0.6) is 0 Å². The van der Waals surface area contributed by atoms with Gasteiger partial charge in [-0.3, -0.25) is 4.21 Å². The minimum atomic E-state index is -1.20. The lowest BCUT2D eigenvalue weighted by Gasteiger charge is -2.08. The van der Waals surface area contributed by atoms with E-state index >= 15 is 0 Å². The molecular formula is C12H14N4OS. The first kappa shape index (κ1) is 12.7. The summed E-state index contributed by atoms with van der Waals surface area (Å²) in [5.74, 6) is 1.36. The first-order valence-corrected chi connectivity index (χ1v) is 7.27. The van der Waals surface area contributed by atoms with Crippen LogP contribution < -0.4 is 5.32 Å². The summed E-state index contributed by atoms with van der Waals surface area (Å²) < 4.78 is 11.4. The van der Waals surface area contributed by atoms with Crippen molar-refractivity contribution in [2.75, 3.05) is 18.1 Å². The maximum absolute atomic E-state index is 11.4. The summed E-state index contributed by atoms with van der Waals surface area (Å²) in [5.41, 5.74) is 0.742. The van der Waals surface area contributed by atoms with Gasteiger partial charge in [-0.25, -0.2) is 9.97 Å². The van der Waals surface area contributed by atoms with Gasteiger partial charge in [0.2, 0.25) is 5.16 Å². The maximum atomic E-state index is 11.4. The van der Waals surface area contributed by atoms with E-state index in [4.69, 9.17) is 5.26 Å². The van der Waals surface area contributed by atoms with E-state index in [0.29, 0.717) is 16.9 Å². The third-order valence-electron chi connectivity index (χ3n) is 2.64. The highest BCUT2D eigenvalue weighted by molar-refractivity contribution is 7.84. The summed E-state index contributed by atoms with van der Waals surface area (Å²) in [6, 6.07) is 1.93. The first-order valence-electron chi connectivity index (χ1n) is 5.71. The van der Waals surface area contributed by atoms with Gasteiger partial charge in [0.1, 0.15) is 5.82 Å². The second kappa shape index (κ2) is 5.74. The number of aromatic nitrogens is 2. The van der Waals surface area contributed by atoms with E-state index in [1.54, 1.807) is 18.5 Å². The quantitative estimate of drug-likeness (QED) is 0.643. The molecule has 0 amide bonds. The van der Waals surface area contributed by atoms with E-state index in [2.05, 4.69) is 15.3 Å². The van der Waals surface area contributed by atoms with Crippen LogP contribution in [0.1, 0.15) is 18.4 Å². The third-order valence-corrected chi connectivity index (χ3v) is 3.36. The Balaban J connectivity index is 2.23. The van der Waals surface area contributed by atoms with Gasteiger partial charge in [0.25, 0.3) is 0 Å². The highest BCUT2D eigenvalue weighted by Crippen LogP contribution is 2.29. The highest BCUT2D eigenvalue weighted by Gasteiger charge is 2.21. The SMILES string of the molecule is CS(=O)c1ncc(/C=C/C#N)c(NCC2CC2)n1. The number of nitrogens with one attached hydrogen (secondary N) is 1. The Morgan fingerprint density at radius 3 is 3.06 bits per heavy atom. The van der Waals surface area contributed by atoms with Crippen LogP contribution in [0.25, 0.3) is 6.08 Å². The van der Waals surface area contributed by atoms with Crippen molar-refractivity contribution in [2.45, 2.75) is 18.0 Å². The molecule has 1 fully saturated rings.